The van der Waals surface area contributed by atoms with Crippen molar-refractivity contribution in [2.24, 2.45) is 0 Å². The summed E-state index contributed by atoms with van der Waals surface area (Å²) >= 11 is 0. The standard InChI is InChI=1S/C69H47N/c1-3-19-58(20-4-1)69(59-21-5-2-6-22-59)65-26-12-11-24-64(65)68-66(69)27-14-28-67(68)70(60-43-39-51(40-44-60)49-29-31-53(32-30-49)57-38-35-48-15-7-8-17-56(48)47-57)61-45-41-52(42-46-61)50-33-36-55(37-34-50)63-25-13-18-54-16-9-10-23-62(54)63/h1-47H. The lowest BCUT2D eigenvalue weighted by molar-refractivity contribution is 0.768. The average Bonchev–Trinajstić information content (AvgIpc) is 3.75. The molecule has 1 heteroatoms. The maximum absolute atomic E-state index is 2.46. The molecule has 0 spiro atoms. The Morgan fingerprint density at radius 3 is 1.31 bits per heavy atom. The molecule has 1 aliphatic carbocycles. The molecule has 1 nitrogen and oxygen atoms in total. The molecule has 0 saturated carbocycles. The van der Waals surface area contributed by atoms with E-state index in [0.717, 1.165) is 17.1 Å². The first-order valence-corrected chi connectivity index (χ1v) is 24.2. The van der Waals surface area contributed by atoms with Gasteiger partial charge in [0, 0.05) is 16.9 Å². The van der Waals surface area contributed by atoms with Crippen LogP contribution in [0.5, 0.6) is 0 Å². The highest BCUT2D eigenvalue weighted by Crippen LogP contribution is 2.59. The molecule has 0 saturated heterocycles. The Morgan fingerprint density at radius 1 is 0.257 bits per heavy atom. The van der Waals surface area contributed by atoms with Crippen molar-refractivity contribution in [2.75, 3.05) is 4.90 Å². The van der Waals surface area contributed by atoms with Gasteiger partial charge in [-0.1, -0.05) is 249 Å². The van der Waals surface area contributed by atoms with Gasteiger partial charge in [-0.3, -0.25) is 0 Å². The zero-order valence-corrected chi connectivity index (χ0v) is 38.6. The zero-order valence-electron chi connectivity index (χ0n) is 38.6. The Balaban J connectivity index is 0.922. The summed E-state index contributed by atoms with van der Waals surface area (Å²) in [5.41, 5.74) is 20.0. The lowest BCUT2D eigenvalue weighted by Crippen LogP contribution is -2.28. The molecule has 70 heavy (non-hydrogen) atoms. The molecule has 0 atom stereocenters. The average molecular weight is 890 g/mol. The van der Waals surface area contributed by atoms with Crippen molar-refractivity contribution < 1.29 is 0 Å². The zero-order chi connectivity index (χ0) is 46.4. The normalized spacial score (nSPS) is 12.4. The maximum atomic E-state index is 2.46. The first kappa shape index (κ1) is 41.2. The van der Waals surface area contributed by atoms with E-state index in [2.05, 4.69) is 290 Å². The molecule has 12 aromatic carbocycles. The summed E-state index contributed by atoms with van der Waals surface area (Å²) in [4.78, 5) is 2.46. The number of benzene rings is 12. The van der Waals surface area contributed by atoms with E-state index in [4.69, 9.17) is 0 Å². The second-order valence-electron chi connectivity index (χ2n) is 18.4. The smallest absolute Gasteiger partial charge is 0.0714 e. The predicted octanol–water partition coefficient (Wildman–Crippen LogP) is 18.5. The minimum atomic E-state index is -0.513. The van der Waals surface area contributed by atoms with Crippen LogP contribution in [0, 0.1) is 0 Å². The monoisotopic (exact) mass is 889 g/mol. The Kier molecular flexibility index (Phi) is 10.1. The summed E-state index contributed by atoms with van der Waals surface area (Å²) in [6.07, 6.45) is 0. The molecule has 0 aliphatic heterocycles. The molecular weight excluding hydrogens is 843 g/mol. The van der Waals surface area contributed by atoms with Gasteiger partial charge in [-0.05, 0) is 130 Å². The van der Waals surface area contributed by atoms with Gasteiger partial charge in [0.1, 0.15) is 0 Å². The second kappa shape index (κ2) is 17.2. The molecule has 0 fully saturated rings. The second-order valence-corrected chi connectivity index (χ2v) is 18.4. The topological polar surface area (TPSA) is 3.24 Å². The van der Waals surface area contributed by atoms with Gasteiger partial charge >= 0.3 is 0 Å². The first-order chi connectivity index (χ1) is 34.7. The van der Waals surface area contributed by atoms with Crippen LogP contribution in [-0.4, -0.2) is 0 Å². The first-order valence-electron chi connectivity index (χ1n) is 24.2. The fourth-order valence-electron chi connectivity index (χ4n) is 11.2. The van der Waals surface area contributed by atoms with Crippen molar-refractivity contribution in [3.05, 3.63) is 307 Å². The van der Waals surface area contributed by atoms with E-state index in [1.165, 1.54) is 99.4 Å². The van der Waals surface area contributed by atoms with E-state index in [0.29, 0.717) is 0 Å². The Labute approximate surface area is 409 Å². The van der Waals surface area contributed by atoms with Gasteiger partial charge < -0.3 is 4.90 Å². The van der Waals surface area contributed by atoms with Crippen LogP contribution in [0.25, 0.3) is 77.2 Å². The molecule has 1 aliphatic rings. The quantitative estimate of drug-likeness (QED) is 0.140. The van der Waals surface area contributed by atoms with E-state index < -0.39 is 5.41 Å². The van der Waals surface area contributed by atoms with E-state index >= 15 is 0 Å². The van der Waals surface area contributed by atoms with Crippen molar-refractivity contribution in [3.8, 4) is 55.6 Å². The molecular formula is C69H47N. The van der Waals surface area contributed by atoms with Gasteiger partial charge in [0.25, 0.3) is 0 Å². The number of hydrogen-bond donors (Lipinski definition) is 0. The molecule has 0 unspecified atom stereocenters. The SMILES string of the molecule is c1ccc(C2(c3ccccc3)c3ccccc3-c3c(N(c4ccc(-c5ccc(-c6ccc7ccccc7c6)cc5)cc4)c4ccc(-c5ccc(-c6cccc7ccccc67)cc5)cc4)cccc32)cc1. The van der Waals surface area contributed by atoms with Gasteiger partial charge in [0.2, 0.25) is 0 Å². The van der Waals surface area contributed by atoms with Crippen LogP contribution in [0.4, 0.5) is 17.1 Å². The van der Waals surface area contributed by atoms with Crippen LogP contribution in [0.2, 0.25) is 0 Å². The van der Waals surface area contributed by atoms with E-state index in [9.17, 15) is 0 Å². The minimum Gasteiger partial charge on any atom is -0.310 e. The molecule has 0 aromatic heterocycles. The van der Waals surface area contributed by atoms with Crippen molar-refractivity contribution in [1.82, 2.24) is 0 Å². The van der Waals surface area contributed by atoms with Gasteiger partial charge in [-0.25, -0.2) is 0 Å². The van der Waals surface area contributed by atoms with Crippen molar-refractivity contribution in [1.29, 1.82) is 0 Å². The van der Waals surface area contributed by atoms with E-state index in [1.807, 2.05) is 0 Å². The third-order valence-electron chi connectivity index (χ3n) is 14.6. The van der Waals surface area contributed by atoms with Crippen LogP contribution in [-0.2, 0) is 5.41 Å². The largest absolute Gasteiger partial charge is 0.310 e. The molecule has 0 amide bonds. The highest BCUT2D eigenvalue weighted by Gasteiger charge is 2.47. The maximum Gasteiger partial charge on any atom is 0.0714 e. The van der Waals surface area contributed by atoms with Crippen LogP contribution < -0.4 is 4.90 Å². The lowest BCUT2D eigenvalue weighted by Gasteiger charge is -2.34. The van der Waals surface area contributed by atoms with Gasteiger partial charge in [0.15, 0.2) is 0 Å². The van der Waals surface area contributed by atoms with E-state index in [1.54, 1.807) is 0 Å². The Hall–Kier alpha value is -9.04. The lowest BCUT2D eigenvalue weighted by atomic mass is 9.68. The molecule has 0 N–H and O–H groups in total. The molecule has 13 rings (SSSR count). The van der Waals surface area contributed by atoms with Gasteiger partial charge in [-0.15, -0.1) is 0 Å². The fraction of sp³-hybridized carbons (Fsp3) is 0.0145. The molecule has 328 valence electrons. The molecule has 12 aromatic rings. The van der Waals surface area contributed by atoms with Crippen molar-refractivity contribution in [3.63, 3.8) is 0 Å². The third-order valence-corrected chi connectivity index (χ3v) is 14.6. The van der Waals surface area contributed by atoms with E-state index in [-0.39, 0.29) is 0 Å². The Bertz CT molecular complexity index is 3790. The summed E-state index contributed by atoms with van der Waals surface area (Å²) in [6, 6.07) is 105. The summed E-state index contributed by atoms with van der Waals surface area (Å²) in [6.45, 7) is 0. The van der Waals surface area contributed by atoms with Gasteiger partial charge in [0.05, 0.1) is 11.1 Å². The number of fused-ring (bicyclic) bond motifs is 5. The summed E-state index contributed by atoms with van der Waals surface area (Å²) in [5, 5.41) is 5.03. The summed E-state index contributed by atoms with van der Waals surface area (Å²) < 4.78 is 0. The van der Waals surface area contributed by atoms with Crippen LogP contribution in [0.15, 0.2) is 285 Å². The third kappa shape index (κ3) is 6.94. The summed E-state index contributed by atoms with van der Waals surface area (Å²) in [7, 11) is 0. The number of nitrogens with zero attached hydrogens (tertiary/aromatic N) is 1. The number of anilines is 3. The summed E-state index contributed by atoms with van der Waals surface area (Å²) in [5.74, 6) is 0. The highest BCUT2D eigenvalue weighted by atomic mass is 15.1. The van der Waals surface area contributed by atoms with Crippen molar-refractivity contribution in [2.45, 2.75) is 5.41 Å². The molecule has 0 heterocycles. The molecule has 0 radical (unpaired) electrons. The molecule has 0 bridgehead atoms. The van der Waals surface area contributed by atoms with Crippen LogP contribution in [0.1, 0.15) is 22.3 Å². The predicted molar refractivity (Wildman–Crippen MR) is 295 cm³/mol. The Morgan fingerprint density at radius 2 is 0.686 bits per heavy atom. The highest BCUT2D eigenvalue weighted by molar-refractivity contribution is 5.99. The fourth-order valence-corrected chi connectivity index (χ4v) is 11.2. The van der Waals surface area contributed by atoms with Crippen LogP contribution in [0.3, 0.4) is 0 Å². The number of hydrogen-bond acceptors (Lipinski definition) is 1. The van der Waals surface area contributed by atoms with Crippen LogP contribution >= 0.6 is 0 Å². The minimum absolute atomic E-state index is 0.513. The van der Waals surface area contributed by atoms with Crippen molar-refractivity contribution >= 4 is 38.6 Å². The van der Waals surface area contributed by atoms with Gasteiger partial charge in [-0.2, -0.15) is 0 Å². The number of rotatable bonds is 9.